The minimum atomic E-state index is -0.328. The van der Waals surface area contributed by atoms with Crippen LogP contribution >= 0.6 is 0 Å². The second-order valence-corrected chi connectivity index (χ2v) is 6.64. The molecule has 0 heterocycles. The lowest BCUT2D eigenvalue weighted by molar-refractivity contribution is -0.131. The average molecular weight is 352 g/mol. The number of carbonyl (C=O) groups excluding carboxylic acids is 2. The van der Waals surface area contributed by atoms with Crippen LogP contribution in [0.3, 0.4) is 0 Å². The Bertz CT molecular complexity index is 699. The predicted octanol–water partition coefficient (Wildman–Crippen LogP) is 6.21. The SMILES string of the molecule is CCCCCCCCC(=O)c1ccc(-c2ccc(OC(C)=O)cc2)cc1. The van der Waals surface area contributed by atoms with E-state index in [4.69, 9.17) is 4.74 Å². The quantitative estimate of drug-likeness (QED) is 0.221. The van der Waals surface area contributed by atoms with Crippen molar-refractivity contribution < 1.29 is 14.3 Å². The van der Waals surface area contributed by atoms with E-state index in [1.165, 1.54) is 32.6 Å². The summed E-state index contributed by atoms with van der Waals surface area (Å²) in [5.41, 5.74) is 2.84. The number of ether oxygens (including phenoxy) is 1. The zero-order chi connectivity index (χ0) is 18.8. The molecule has 3 heteroatoms. The van der Waals surface area contributed by atoms with Gasteiger partial charge in [-0.1, -0.05) is 75.4 Å². The largest absolute Gasteiger partial charge is 0.427 e. The highest BCUT2D eigenvalue weighted by molar-refractivity contribution is 5.96. The van der Waals surface area contributed by atoms with Crippen molar-refractivity contribution in [2.75, 3.05) is 0 Å². The smallest absolute Gasteiger partial charge is 0.308 e. The molecule has 0 aliphatic heterocycles. The molecule has 0 unspecified atom stereocenters. The van der Waals surface area contributed by atoms with Gasteiger partial charge >= 0.3 is 5.97 Å². The Kier molecular flexibility index (Phi) is 8.07. The third kappa shape index (κ3) is 6.47. The van der Waals surface area contributed by atoms with Crippen molar-refractivity contribution in [1.82, 2.24) is 0 Å². The van der Waals surface area contributed by atoms with E-state index in [1.807, 2.05) is 36.4 Å². The highest BCUT2D eigenvalue weighted by Crippen LogP contribution is 2.23. The Morgan fingerprint density at radius 3 is 1.88 bits per heavy atom. The van der Waals surface area contributed by atoms with E-state index in [0.29, 0.717) is 12.2 Å². The zero-order valence-electron chi connectivity index (χ0n) is 15.8. The van der Waals surface area contributed by atoms with E-state index < -0.39 is 0 Å². The molecule has 0 aromatic heterocycles. The number of hydrogen-bond donors (Lipinski definition) is 0. The summed E-state index contributed by atoms with van der Waals surface area (Å²) < 4.78 is 5.04. The summed E-state index contributed by atoms with van der Waals surface area (Å²) in [7, 11) is 0. The first-order valence-electron chi connectivity index (χ1n) is 9.52. The molecule has 138 valence electrons. The molecule has 0 aliphatic carbocycles. The maximum absolute atomic E-state index is 12.3. The lowest BCUT2D eigenvalue weighted by Crippen LogP contribution is -2.00. The lowest BCUT2D eigenvalue weighted by Gasteiger charge is -2.06. The maximum atomic E-state index is 12.3. The van der Waals surface area contributed by atoms with Gasteiger partial charge in [-0.15, -0.1) is 0 Å². The highest BCUT2D eigenvalue weighted by atomic mass is 16.5. The molecular formula is C23H28O3. The highest BCUT2D eigenvalue weighted by Gasteiger charge is 2.07. The topological polar surface area (TPSA) is 43.4 Å². The van der Waals surface area contributed by atoms with E-state index in [0.717, 1.165) is 29.5 Å². The van der Waals surface area contributed by atoms with Crippen molar-refractivity contribution in [3.05, 3.63) is 54.1 Å². The molecule has 0 radical (unpaired) electrons. The molecule has 0 aliphatic rings. The molecule has 2 rings (SSSR count). The van der Waals surface area contributed by atoms with Gasteiger partial charge in [0.25, 0.3) is 0 Å². The number of esters is 1. The van der Waals surface area contributed by atoms with Gasteiger partial charge in [-0.05, 0) is 29.7 Å². The molecular weight excluding hydrogens is 324 g/mol. The molecule has 3 nitrogen and oxygen atoms in total. The Morgan fingerprint density at radius 2 is 1.31 bits per heavy atom. The van der Waals surface area contributed by atoms with Gasteiger partial charge in [-0.2, -0.15) is 0 Å². The Balaban J connectivity index is 1.87. The van der Waals surface area contributed by atoms with Gasteiger partial charge in [-0.25, -0.2) is 0 Å². The van der Waals surface area contributed by atoms with Gasteiger partial charge in [0.05, 0.1) is 0 Å². The number of unbranched alkanes of at least 4 members (excludes halogenated alkanes) is 5. The minimum Gasteiger partial charge on any atom is -0.427 e. The van der Waals surface area contributed by atoms with Crippen LogP contribution in [0.5, 0.6) is 5.75 Å². The fourth-order valence-electron chi connectivity index (χ4n) is 2.94. The van der Waals surface area contributed by atoms with E-state index in [-0.39, 0.29) is 11.8 Å². The van der Waals surface area contributed by atoms with Crippen molar-refractivity contribution in [2.45, 2.75) is 58.8 Å². The summed E-state index contributed by atoms with van der Waals surface area (Å²) >= 11 is 0. The molecule has 2 aromatic carbocycles. The zero-order valence-corrected chi connectivity index (χ0v) is 15.8. The average Bonchev–Trinajstić information content (AvgIpc) is 2.65. The van der Waals surface area contributed by atoms with E-state index >= 15 is 0 Å². The lowest BCUT2D eigenvalue weighted by atomic mass is 10.00. The molecule has 0 amide bonds. The van der Waals surface area contributed by atoms with Crippen LogP contribution in [0.1, 0.15) is 69.2 Å². The van der Waals surface area contributed by atoms with Gasteiger partial charge in [-0.3, -0.25) is 9.59 Å². The van der Waals surface area contributed by atoms with Gasteiger partial charge < -0.3 is 4.74 Å². The number of carbonyl (C=O) groups is 2. The summed E-state index contributed by atoms with van der Waals surface area (Å²) in [5.74, 6) is 0.426. The molecule has 0 bridgehead atoms. The number of hydrogen-bond acceptors (Lipinski definition) is 3. The van der Waals surface area contributed by atoms with E-state index in [2.05, 4.69) is 6.92 Å². The van der Waals surface area contributed by atoms with Crippen LogP contribution in [0.2, 0.25) is 0 Å². The number of Topliss-reactive ketones (excluding diaryl/α,β-unsaturated/α-hetero) is 1. The third-order valence-corrected chi connectivity index (χ3v) is 4.41. The fourth-order valence-corrected chi connectivity index (χ4v) is 2.94. The van der Waals surface area contributed by atoms with E-state index in [9.17, 15) is 9.59 Å². The number of benzene rings is 2. The summed E-state index contributed by atoms with van der Waals surface area (Å²) in [6, 6.07) is 15.1. The van der Waals surface area contributed by atoms with Gasteiger partial charge in [0, 0.05) is 18.9 Å². The van der Waals surface area contributed by atoms with Crippen molar-refractivity contribution >= 4 is 11.8 Å². The molecule has 0 atom stereocenters. The first kappa shape index (κ1) is 19.9. The van der Waals surface area contributed by atoms with Gasteiger partial charge in [0.2, 0.25) is 0 Å². The monoisotopic (exact) mass is 352 g/mol. The fraction of sp³-hybridized carbons (Fsp3) is 0.391. The van der Waals surface area contributed by atoms with Crippen molar-refractivity contribution in [3.63, 3.8) is 0 Å². The standard InChI is InChI=1S/C23H28O3/c1-3-4-5-6-7-8-9-23(25)21-12-10-19(11-13-21)20-14-16-22(17-15-20)26-18(2)24/h10-17H,3-9H2,1-2H3. The summed E-state index contributed by atoms with van der Waals surface area (Å²) in [6.07, 6.45) is 7.77. The first-order chi connectivity index (χ1) is 12.6. The van der Waals surface area contributed by atoms with Crippen LogP contribution in [0.15, 0.2) is 48.5 Å². The minimum absolute atomic E-state index is 0.220. The molecule has 0 saturated heterocycles. The predicted molar refractivity (Wildman–Crippen MR) is 106 cm³/mol. The number of rotatable bonds is 10. The maximum Gasteiger partial charge on any atom is 0.308 e. The second kappa shape index (κ2) is 10.5. The molecule has 26 heavy (non-hydrogen) atoms. The van der Waals surface area contributed by atoms with Gasteiger partial charge in [0.15, 0.2) is 5.78 Å². The van der Waals surface area contributed by atoms with Crippen LogP contribution in [-0.2, 0) is 4.79 Å². The molecule has 0 fully saturated rings. The molecule has 0 N–H and O–H groups in total. The number of ketones is 1. The van der Waals surface area contributed by atoms with Gasteiger partial charge in [0.1, 0.15) is 5.75 Å². The normalized spacial score (nSPS) is 10.5. The molecule has 0 spiro atoms. The molecule has 0 saturated carbocycles. The van der Waals surface area contributed by atoms with Crippen LogP contribution in [-0.4, -0.2) is 11.8 Å². The van der Waals surface area contributed by atoms with E-state index in [1.54, 1.807) is 12.1 Å². The Hall–Kier alpha value is -2.42. The Morgan fingerprint density at radius 1 is 0.769 bits per heavy atom. The first-order valence-corrected chi connectivity index (χ1v) is 9.52. The van der Waals surface area contributed by atoms with Crippen molar-refractivity contribution in [1.29, 1.82) is 0 Å². The second-order valence-electron chi connectivity index (χ2n) is 6.64. The van der Waals surface area contributed by atoms with Crippen LogP contribution in [0.4, 0.5) is 0 Å². The van der Waals surface area contributed by atoms with Crippen molar-refractivity contribution in [3.8, 4) is 16.9 Å². The summed E-state index contributed by atoms with van der Waals surface area (Å²) in [4.78, 5) is 23.2. The Labute approximate surface area is 156 Å². The van der Waals surface area contributed by atoms with Crippen molar-refractivity contribution in [2.24, 2.45) is 0 Å². The summed E-state index contributed by atoms with van der Waals surface area (Å²) in [5, 5.41) is 0. The molecule has 2 aromatic rings. The summed E-state index contributed by atoms with van der Waals surface area (Å²) in [6.45, 7) is 3.59. The van der Waals surface area contributed by atoms with Crippen LogP contribution in [0, 0.1) is 0 Å². The van der Waals surface area contributed by atoms with Crippen LogP contribution < -0.4 is 4.74 Å². The van der Waals surface area contributed by atoms with Crippen LogP contribution in [0.25, 0.3) is 11.1 Å². The third-order valence-electron chi connectivity index (χ3n) is 4.41.